The molecule has 0 atom stereocenters. The van der Waals surface area contributed by atoms with Crippen molar-refractivity contribution in [1.82, 2.24) is 15.3 Å². The maximum atomic E-state index is 12.6. The van der Waals surface area contributed by atoms with Gasteiger partial charge in [-0.2, -0.15) is 0 Å². The van der Waals surface area contributed by atoms with E-state index in [1.54, 1.807) is 5.01 Å². The number of carbonyl (C=O) groups excluding carboxylic acids is 1. The highest BCUT2D eigenvalue weighted by Gasteiger charge is 2.23. The fraction of sp³-hybridized carbons (Fsp3) is 0.611. The van der Waals surface area contributed by atoms with Gasteiger partial charge in [-0.05, 0) is 24.9 Å². The normalized spacial score (nSPS) is 15.2. The van der Waals surface area contributed by atoms with Crippen LogP contribution in [-0.2, 0) is 11.3 Å². The van der Waals surface area contributed by atoms with Gasteiger partial charge in [0, 0.05) is 32.7 Å². The first-order valence-electron chi connectivity index (χ1n) is 8.95. The van der Waals surface area contributed by atoms with Gasteiger partial charge in [-0.15, -0.1) is 0 Å². The quantitative estimate of drug-likeness (QED) is 0.676. The highest BCUT2D eigenvalue weighted by molar-refractivity contribution is 5.67. The zero-order chi connectivity index (χ0) is 17.0. The van der Waals surface area contributed by atoms with Crippen LogP contribution in [0.4, 0.5) is 4.79 Å². The summed E-state index contributed by atoms with van der Waals surface area (Å²) >= 11 is 0. The summed E-state index contributed by atoms with van der Waals surface area (Å²) in [6, 6.07) is 9.80. The second kappa shape index (κ2) is 11.0. The predicted octanol–water partition coefficient (Wildman–Crippen LogP) is 1.96. The van der Waals surface area contributed by atoms with Crippen molar-refractivity contribution >= 4 is 6.09 Å². The molecule has 1 aromatic carbocycles. The van der Waals surface area contributed by atoms with Crippen molar-refractivity contribution in [1.29, 1.82) is 0 Å². The molecule has 0 bridgehead atoms. The van der Waals surface area contributed by atoms with Crippen LogP contribution >= 0.6 is 0 Å². The van der Waals surface area contributed by atoms with Gasteiger partial charge in [0.05, 0.1) is 0 Å². The Bertz CT molecular complexity index is 463. The molecule has 6 heteroatoms. The molecule has 24 heavy (non-hydrogen) atoms. The first kappa shape index (κ1) is 18.7. The summed E-state index contributed by atoms with van der Waals surface area (Å²) < 4.78 is 5.53. The van der Waals surface area contributed by atoms with Crippen LogP contribution in [0.1, 0.15) is 31.2 Å². The van der Waals surface area contributed by atoms with E-state index in [1.165, 1.54) is 0 Å². The zero-order valence-electron chi connectivity index (χ0n) is 14.5. The molecule has 0 saturated carbocycles. The fourth-order valence-electron chi connectivity index (χ4n) is 2.80. The van der Waals surface area contributed by atoms with E-state index in [9.17, 15) is 4.79 Å². The average molecular weight is 334 g/mol. The number of hydrazine groups is 1. The number of hydrogen-bond donors (Lipinski definition) is 2. The van der Waals surface area contributed by atoms with Crippen molar-refractivity contribution in [3.63, 3.8) is 0 Å². The van der Waals surface area contributed by atoms with Gasteiger partial charge in [-0.3, -0.25) is 0 Å². The van der Waals surface area contributed by atoms with Crippen molar-refractivity contribution in [2.24, 2.45) is 5.73 Å². The van der Waals surface area contributed by atoms with E-state index in [2.05, 4.69) is 10.3 Å². The Labute approximate surface area is 144 Å². The van der Waals surface area contributed by atoms with E-state index in [-0.39, 0.29) is 6.09 Å². The van der Waals surface area contributed by atoms with Gasteiger partial charge in [-0.1, -0.05) is 43.2 Å². The number of nitrogens with two attached hydrogens (primary N) is 1. The molecule has 1 fully saturated rings. The minimum atomic E-state index is -0.250. The Morgan fingerprint density at radius 3 is 2.54 bits per heavy atom. The summed E-state index contributed by atoms with van der Waals surface area (Å²) in [6.07, 6.45) is 3.98. The smallest absolute Gasteiger partial charge is 0.424 e. The zero-order valence-corrected chi connectivity index (χ0v) is 14.5. The fourth-order valence-corrected chi connectivity index (χ4v) is 2.80. The van der Waals surface area contributed by atoms with Gasteiger partial charge in [-0.25, -0.2) is 14.8 Å². The number of benzene rings is 1. The topological polar surface area (TPSA) is 70.8 Å². The molecule has 134 valence electrons. The van der Waals surface area contributed by atoms with Crippen LogP contribution in [0.15, 0.2) is 30.3 Å². The first-order chi connectivity index (χ1) is 11.8. The molecular formula is C18H30N4O2. The molecule has 1 aliphatic rings. The van der Waals surface area contributed by atoms with E-state index < -0.39 is 0 Å². The van der Waals surface area contributed by atoms with E-state index in [1.807, 2.05) is 30.3 Å². The van der Waals surface area contributed by atoms with Crippen LogP contribution in [0.25, 0.3) is 0 Å². The summed E-state index contributed by atoms with van der Waals surface area (Å²) in [5.41, 5.74) is 6.54. The summed E-state index contributed by atoms with van der Waals surface area (Å²) in [4.78, 5) is 12.6. The van der Waals surface area contributed by atoms with Gasteiger partial charge in [0.2, 0.25) is 0 Å². The number of nitrogens with one attached hydrogen (secondary N) is 1. The van der Waals surface area contributed by atoms with Gasteiger partial charge < -0.3 is 15.8 Å². The summed E-state index contributed by atoms with van der Waals surface area (Å²) in [5.74, 6) is 0. The Balaban J connectivity index is 1.84. The van der Waals surface area contributed by atoms with Crippen LogP contribution in [-0.4, -0.2) is 55.4 Å². The van der Waals surface area contributed by atoms with Gasteiger partial charge in [0.25, 0.3) is 0 Å². The lowest BCUT2D eigenvalue weighted by Gasteiger charge is -2.36. The maximum Gasteiger partial charge on any atom is 0.424 e. The van der Waals surface area contributed by atoms with Crippen molar-refractivity contribution < 1.29 is 9.53 Å². The second-order valence-corrected chi connectivity index (χ2v) is 6.07. The van der Waals surface area contributed by atoms with E-state index >= 15 is 0 Å². The molecule has 0 radical (unpaired) electrons. The Kier molecular flexibility index (Phi) is 8.59. The van der Waals surface area contributed by atoms with Crippen molar-refractivity contribution in [3.8, 4) is 0 Å². The molecule has 1 aromatic rings. The number of piperazine rings is 1. The minimum absolute atomic E-state index is 0.250. The number of carbonyl (C=O) groups is 1. The molecule has 2 rings (SSSR count). The van der Waals surface area contributed by atoms with Crippen LogP contribution < -0.4 is 11.1 Å². The Morgan fingerprint density at radius 1 is 1.12 bits per heavy atom. The monoisotopic (exact) mass is 334 g/mol. The van der Waals surface area contributed by atoms with Crippen molar-refractivity contribution in [3.05, 3.63) is 35.9 Å². The van der Waals surface area contributed by atoms with E-state index in [4.69, 9.17) is 10.5 Å². The summed E-state index contributed by atoms with van der Waals surface area (Å²) in [6.45, 7) is 5.23. The summed E-state index contributed by atoms with van der Waals surface area (Å²) in [7, 11) is 0. The minimum Gasteiger partial charge on any atom is -0.444 e. The summed E-state index contributed by atoms with van der Waals surface area (Å²) in [5, 5.41) is 7.20. The molecule has 1 saturated heterocycles. The Hall–Kier alpha value is -1.63. The molecule has 0 aliphatic carbocycles. The number of ether oxygens (including phenoxy) is 1. The van der Waals surface area contributed by atoms with Gasteiger partial charge in [0.1, 0.15) is 6.61 Å². The van der Waals surface area contributed by atoms with E-state index in [0.717, 1.165) is 64.0 Å². The molecule has 6 nitrogen and oxygen atoms in total. The molecule has 3 N–H and O–H groups in total. The van der Waals surface area contributed by atoms with Crippen LogP contribution in [0.5, 0.6) is 0 Å². The number of hydrogen-bond acceptors (Lipinski definition) is 5. The molecule has 1 heterocycles. The molecule has 0 spiro atoms. The lowest BCUT2D eigenvalue weighted by Crippen LogP contribution is -2.54. The predicted molar refractivity (Wildman–Crippen MR) is 95.3 cm³/mol. The second-order valence-electron chi connectivity index (χ2n) is 6.07. The standard InChI is InChI=1S/C18H30N4O2/c19-10-6-1-2-7-13-22(21-14-11-20-12-15-21)18(23)24-16-17-8-4-3-5-9-17/h3-5,8-9,20H,1-2,6-7,10-16,19H2. The third-order valence-corrected chi connectivity index (χ3v) is 4.17. The largest absolute Gasteiger partial charge is 0.444 e. The molecule has 1 aliphatic heterocycles. The molecule has 1 amide bonds. The SMILES string of the molecule is NCCCCCCN(C(=O)OCc1ccccc1)N1CCNCC1. The third-order valence-electron chi connectivity index (χ3n) is 4.17. The molecule has 0 aromatic heterocycles. The van der Waals surface area contributed by atoms with Crippen molar-refractivity contribution in [2.75, 3.05) is 39.3 Å². The molecular weight excluding hydrogens is 304 g/mol. The van der Waals surface area contributed by atoms with Gasteiger partial charge >= 0.3 is 6.09 Å². The number of rotatable bonds is 9. The molecule has 0 unspecified atom stereocenters. The van der Waals surface area contributed by atoms with E-state index in [0.29, 0.717) is 13.2 Å². The Morgan fingerprint density at radius 2 is 1.83 bits per heavy atom. The number of nitrogens with zero attached hydrogens (tertiary/aromatic N) is 2. The third kappa shape index (κ3) is 6.47. The van der Waals surface area contributed by atoms with Gasteiger partial charge in [0.15, 0.2) is 0 Å². The lowest BCUT2D eigenvalue weighted by molar-refractivity contribution is -0.0329. The first-order valence-corrected chi connectivity index (χ1v) is 8.95. The lowest BCUT2D eigenvalue weighted by atomic mass is 10.2. The van der Waals surface area contributed by atoms with Crippen LogP contribution in [0, 0.1) is 0 Å². The number of amides is 1. The maximum absolute atomic E-state index is 12.6. The number of unbranched alkanes of at least 4 members (excludes halogenated alkanes) is 3. The average Bonchev–Trinajstić information content (AvgIpc) is 2.64. The highest BCUT2D eigenvalue weighted by Crippen LogP contribution is 2.10. The van der Waals surface area contributed by atoms with Crippen LogP contribution in [0.2, 0.25) is 0 Å². The van der Waals surface area contributed by atoms with Crippen LogP contribution in [0.3, 0.4) is 0 Å². The van der Waals surface area contributed by atoms with Crippen molar-refractivity contribution in [2.45, 2.75) is 32.3 Å². The highest BCUT2D eigenvalue weighted by atomic mass is 16.6.